The van der Waals surface area contributed by atoms with E-state index in [0.717, 1.165) is 5.56 Å². The predicted octanol–water partition coefficient (Wildman–Crippen LogP) is 1.04. The molecule has 28 heavy (non-hydrogen) atoms. The van der Waals surface area contributed by atoms with Crippen molar-refractivity contribution in [2.75, 3.05) is 14.2 Å². The molecule has 4 N–H and O–H groups in total. The van der Waals surface area contributed by atoms with Gasteiger partial charge in [0.25, 0.3) is 5.91 Å². The summed E-state index contributed by atoms with van der Waals surface area (Å²) >= 11 is 0. The highest BCUT2D eigenvalue weighted by Gasteiger charge is 2.27. The summed E-state index contributed by atoms with van der Waals surface area (Å²) in [6.45, 7) is 0. The van der Waals surface area contributed by atoms with Gasteiger partial charge in [0.05, 0.1) is 13.3 Å². The number of hydrogen-bond donors (Lipinski definition) is 4. The molecule has 1 saturated heterocycles. The molecule has 0 radical (unpaired) electrons. The van der Waals surface area contributed by atoms with Gasteiger partial charge in [0.15, 0.2) is 0 Å². The van der Waals surface area contributed by atoms with E-state index in [0.29, 0.717) is 6.42 Å². The lowest BCUT2D eigenvalue weighted by Gasteiger charge is -2.14. The number of ether oxygens (including phenoxy) is 1. The van der Waals surface area contributed by atoms with Crippen LogP contribution >= 0.6 is 0 Å². The number of methoxy groups -OCH3 is 1. The molecule has 1 aliphatic heterocycles. The smallest absolute Gasteiger partial charge is 0.252 e. The molecule has 1 aliphatic rings. The van der Waals surface area contributed by atoms with E-state index in [-0.39, 0.29) is 28.1 Å². The fraction of sp³-hybridized carbons (Fsp3) is 0.278. The molecule has 2 aromatic rings. The number of rotatable bonds is 6. The second kappa shape index (κ2) is 8.23. The molecule has 1 fully saturated rings. The Morgan fingerprint density at radius 3 is 2.68 bits per heavy atom. The molecule has 10 heteroatoms. The van der Waals surface area contributed by atoms with E-state index < -0.39 is 22.1 Å². The highest BCUT2D eigenvalue weighted by atomic mass is 32.2. The molecule has 0 saturated carbocycles. The van der Waals surface area contributed by atoms with Gasteiger partial charge in [0, 0.05) is 18.0 Å². The minimum atomic E-state index is -3.79. The maximum Gasteiger partial charge on any atom is 0.252 e. The maximum absolute atomic E-state index is 13.4. The normalized spacial score (nSPS) is 19.4. The third kappa shape index (κ3) is 4.30. The Labute approximate surface area is 162 Å². The Morgan fingerprint density at radius 2 is 2.00 bits per heavy atom. The molecule has 2 atom stereocenters. The minimum Gasteiger partial charge on any atom is -0.495 e. The van der Waals surface area contributed by atoms with Crippen molar-refractivity contribution in [3.63, 3.8) is 0 Å². The fourth-order valence-corrected chi connectivity index (χ4v) is 3.89. The molecule has 150 valence electrons. The van der Waals surface area contributed by atoms with Gasteiger partial charge in [-0.15, -0.1) is 0 Å². The van der Waals surface area contributed by atoms with E-state index >= 15 is 0 Å². The minimum absolute atomic E-state index is 0.125. The zero-order valence-corrected chi connectivity index (χ0v) is 16.1. The van der Waals surface area contributed by atoms with Gasteiger partial charge in [-0.2, -0.15) is 0 Å². The Bertz CT molecular complexity index is 983. The summed E-state index contributed by atoms with van der Waals surface area (Å²) in [5.74, 6) is -0.643. The number of hydrazine groups is 1. The van der Waals surface area contributed by atoms with Gasteiger partial charge in [0.2, 0.25) is 10.0 Å². The van der Waals surface area contributed by atoms with Crippen LogP contribution in [0.4, 0.5) is 4.39 Å². The van der Waals surface area contributed by atoms with E-state index in [1.165, 1.54) is 44.5 Å². The number of amides is 1. The summed E-state index contributed by atoms with van der Waals surface area (Å²) in [4.78, 5) is 12.4. The van der Waals surface area contributed by atoms with Crippen LogP contribution < -0.4 is 25.6 Å². The SMILES string of the molecule is CNS(=O)(=O)c1cc(C(=O)NC2CC(c3cccc(F)c3)NN2)ccc1OC. The molecule has 2 unspecified atom stereocenters. The van der Waals surface area contributed by atoms with Crippen LogP contribution in [0.25, 0.3) is 0 Å². The van der Waals surface area contributed by atoms with Gasteiger partial charge >= 0.3 is 0 Å². The second-order valence-corrected chi connectivity index (χ2v) is 8.09. The molecule has 0 aromatic heterocycles. The first-order valence-corrected chi connectivity index (χ1v) is 10.0. The Hall–Kier alpha value is -2.53. The summed E-state index contributed by atoms with van der Waals surface area (Å²) in [5.41, 5.74) is 6.89. The average molecular weight is 408 g/mol. The Kier molecular flexibility index (Phi) is 5.94. The summed E-state index contributed by atoms with van der Waals surface area (Å²) in [7, 11) is -1.16. The zero-order chi connectivity index (χ0) is 20.3. The molecule has 0 aliphatic carbocycles. The predicted molar refractivity (Wildman–Crippen MR) is 101 cm³/mol. The molecule has 1 amide bonds. The maximum atomic E-state index is 13.4. The Morgan fingerprint density at radius 1 is 1.21 bits per heavy atom. The molecule has 1 heterocycles. The first-order chi connectivity index (χ1) is 13.3. The summed E-state index contributed by atoms with van der Waals surface area (Å²) in [6.07, 6.45) is 0.0831. The van der Waals surface area contributed by atoms with E-state index in [9.17, 15) is 17.6 Å². The van der Waals surface area contributed by atoms with Crippen LogP contribution in [0.3, 0.4) is 0 Å². The van der Waals surface area contributed by atoms with Crippen molar-refractivity contribution in [3.05, 3.63) is 59.4 Å². The van der Waals surface area contributed by atoms with E-state index in [1.54, 1.807) is 12.1 Å². The zero-order valence-electron chi connectivity index (χ0n) is 15.3. The Balaban J connectivity index is 1.73. The topological polar surface area (TPSA) is 109 Å². The number of hydrogen-bond acceptors (Lipinski definition) is 6. The molecular formula is C18H21FN4O4S. The summed E-state index contributed by atoms with van der Waals surface area (Å²) in [6, 6.07) is 10.2. The van der Waals surface area contributed by atoms with Crippen LogP contribution in [0.5, 0.6) is 5.75 Å². The van der Waals surface area contributed by atoms with Crippen LogP contribution in [0.1, 0.15) is 28.4 Å². The van der Waals surface area contributed by atoms with Gasteiger partial charge in [-0.1, -0.05) is 12.1 Å². The van der Waals surface area contributed by atoms with Crippen molar-refractivity contribution >= 4 is 15.9 Å². The van der Waals surface area contributed by atoms with E-state index in [4.69, 9.17) is 4.74 Å². The van der Waals surface area contributed by atoms with Gasteiger partial charge in [-0.3, -0.25) is 4.79 Å². The molecule has 0 spiro atoms. The number of nitrogens with one attached hydrogen (secondary N) is 4. The van der Waals surface area contributed by atoms with Crippen molar-refractivity contribution in [2.45, 2.75) is 23.5 Å². The number of halogens is 1. The second-order valence-electron chi connectivity index (χ2n) is 6.23. The third-order valence-electron chi connectivity index (χ3n) is 4.44. The van der Waals surface area contributed by atoms with Crippen LogP contribution in [-0.2, 0) is 10.0 Å². The number of carbonyl (C=O) groups excluding carboxylic acids is 1. The quantitative estimate of drug-likeness (QED) is 0.569. The van der Waals surface area contributed by atoms with Crippen molar-refractivity contribution in [2.24, 2.45) is 0 Å². The summed E-state index contributed by atoms with van der Waals surface area (Å²) in [5, 5.41) is 2.78. The third-order valence-corrected chi connectivity index (χ3v) is 5.88. The van der Waals surface area contributed by atoms with Crippen LogP contribution in [-0.4, -0.2) is 34.6 Å². The number of carbonyl (C=O) groups is 1. The summed E-state index contributed by atoms with van der Waals surface area (Å²) < 4.78 is 45.0. The largest absolute Gasteiger partial charge is 0.495 e. The lowest BCUT2D eigenvalue weighted by molar-refractivity contribution is 0.0932. The molecule has 0 bridgehead atoms. The molecule has 3 rings (SSSR count). The van der Waals surface area contributed by atoms with E-state index in [2.05, 4.69) is 20.9 Å². The highest BCUT2D eigenvalue weighted by molar-refractivity contribution is 7.89. The standard InChI is InChI=1S/C18H21FN4O4S/c1-20-28(25,26)16-9-12(6-7-15(16)27-2)18(24)21-17-10-14(22-23-17)11-4-3-5-13(19)8-11/h3-9,14,17,20,22-23H,10H2,1-2H3,(H,21,24). The van der Waals surface area contributed by atoms with Crippen LogP contribution in [0.2, 0.25) is 0 Å². The van der Waals surface area contributed by atoms with Crippen molar-refractivity contribution < 1.29 is 22.3 Å². The van der Waals surface area contributed by atoms with Crippen LogP contribution in [0, 0.1) is 5.82 Å². The van der Waals surface area contributed by atoms with Crippen molar-refractivity contribution in [1.82, 2.24) is 20.9 Å². The molecule has 2 aromatic carbocycles. The average Bonchev–Trinajstić information content (AvgIpc) is 3.16. The fourth-order valence-electron chi connectivity index (χ4n) is 2.97. The van der Waals surface area contributed by atoms with E-state index in [1.807, 2.05) is 0 Å². The lowest BCUT2D eigenvalue weighted by atomic mass is 10.0. The molecule has 8 nitrogen and oxygen atoms in total. The van der Waals surface area contributed by atoms with Gasteiger partial charge in [-0.05, 0) is 42.9 Å². The van der Waals surface area contributed by atoms with Crippen molar-refractivity contribution in [3.8, 4) is 5.75 Å². The van der Waals surface area contributed by atoms with Gasteiger partial charge in [-0.25, -0.2) is 28.4 Å². The molecular weight excluding hydrogens is 387 g/mol. The monoisotopic (exact) mass is 408 g/mol. The first kappa shape index (κ1) is 20.2. The lowest BCUT2D eigenvalue weighted by Crippen LogP contribution is -2.44. The van der Waals surface area contributed by atoms with Gasteiger partial charge in [0.1, 0.15) is 16.5 Å². The number of sulfonamides is 1. The van der Waals surface area contributed by atoms with Gasteiger partial charge < -0.3 is 10.1 Å². The highest BCUT2D eigenvalue weighted by Crippen LogP contribution is 2.25. The van der Waals surface area contributed by atoms with Crippen LogP contribution in [0.15, 0.2) is 47.4 Å². The number of benzene rings is 2. The van der Waals surface area contributed by atoms with Crippen molar-refractivity contribution in [1.29, 1.82) is 0 Å². The first-order valence-electron chi connectivity index (χ1n) is 8.53.